The fourth-order valence-corrected chi connectivity index (χ4v) is 2.90. The lowest BCUT2D eigenvalue weighted by Gasteiger charge is -2.07. The van der Waals surface area contributed by atoms with E-state index in [0.29, 0.717) is 12.5 Å². The summed E-state index contributed by atoms with van der Waals surface area (Å²) in [5.41, 5.74) is 0. The van der Waals surface area contributed by atoms with Gasteiger partial charge in [0.15, 0.2) is 0 Å². The van der Waals surface area contributed by atoms with Crippen molar-refractivity contribution in [2.24, 2.45) is 0 Å². The summed E-state index contributed by atoms with van der Waals surface area (Å²) >= 11 is 13.5. The molecular weight excluding hydrogens is 215 g/mol. The summed E-state index contributed by atoms with van der Waals surface area (Å²) in [6.07, 6.45) is 0. The fourth-order valence-electron chi connectivity index (χ4n) is 1.32. The molecule has 1 saturated heterocycles. The summed E-state index contributed by atoms with van der Waals surface area (Å²) in [6.45, 7) is 1.38. The van der Waals surface area contributed by atoms with Crippen LogP contribution in [-0.2, 0) is 4.74 Å². The van der Waals surface area contributed by atoms with E-state index in [-0.39, 0.29) is 5.38 Å². The molecule has 4 heteroatoms. The molecule has 1 fully saturated rings. The topological polar surface area (TPSA) is 9.23 Å². The van der Waals surface area contributed by atoms with Gasteiger partial charge in [0.05, 0.1) is 22.9 Å². The molecule has 0 saturated carbocycles. The average molecular weight is 223 g/mol. The van der Waals surface area contributed by atoms with Crippen LogP contribution in [0.15, 0.2) is 12.1 Å². The lowest BCUT2D eigenvalue weighted by Crippen LogP contribution is -2.07. The maximum Gasteiger partial charge on any atom is 0.0931 e. The van der Waals surface area contributed by atoms with Crippen LogP contribution in [0.1, 0.15) is 10.8 Å². The smallest absolute Gasteiger partial charge is 0.0931 e. The lowest BCUT2D eigenvalue weighted by molar-refractivity contribution is 0.194. The highest BCUT2D eigenvalue weighted by Crippen LogP contribution is 2.35. The first-order valence-electron chi connectivity index (χ1n) is 3.74. The molecule has 0 N–H and O–H groups in total. The van der Waals surface area contributed by atoms with Crippen molar-refractivity contribution in [1.82, 2.24) is 0 Å². The van der Waals surface area contributed by atoms with Crippen LogP contribution < -0.4 is 0 Å². The van der Waals surface area contributed by atoms with Crippen LogP contribution in [0.25, 0.3) is 0 Å². The van der Waals surface area contributed by atoms with E-state index < -0.39 is 0 Å². The highest BCUT2D eigenvalue weighted by Gasteiger charge is 2.28. The Hall–Kier alpha value is 0.240. The Labute approximate surface area is 85.2 Å². The number of ether oxygens (including phenoxy) is 1. The van der Waals surface area contributed by atoms with Crippen molar-refractivity contribution in [1.29, 1.82) is 0 Å². The molecule has 2 heterocycles. The monoisotopic (exact) mass is 222 g/mol. The Bertz CT molecular complexity index is 274. The zero-order valence-corrected chi connectivity index (χ0v) is 8.62. The van der Waals surface area contributed by atoms with Gasteiger partial charge in [0.25, 0.3) is 0 Å². The zero-order valence-electron chi connectivity index (χ0n) is 6.30. The number of rotatable bonds is 1. The van der Waals surface area contributed by atoms with Gasteiger partial charge in [0.1, 0.15) is 0 Å². The Morgan fingerprint density at radius 2 is 2.25 bits per heavy atom. The summed E-state index contributed by atoms with van der Waals surface area (Å²) in [5, 5.41) is 0.111. The lowest BCUT2D eigenvalue weighted by atomic mass is 10.1. The molecule has 0 bridgehead atoms. The van der Waals surface area contributed by atoms with E-state index in [1.165, 1.54) is 4.88 Å². The predicted octanol–water partition coefficient (Wildman–Crippen LogP) is 3.12. The van der Waals surface area contributed by atoms with E-state index in [0.717, 1.165) is 10.9 Å². The quantitative estimate of drug-likeness (QED) is 0.664. The van der Waals surface area contributed by atoms with Crippen molar-refractivity contribution in [2.45, 2.75) is 11.3 Å². The standard InChI is InChI=1S/C8H8Cl2OS/c9-6-4-11-3-5(6)7-1-2-8(10)12-7/h1-2,5-6H,3-4H2. The molecule has 0 amide bonds. The van der Waals surface area contributed by atoms with Crippen molar-refractivity contribution in [2.75, 3.05) is 13.2 Å². The summed E-state index contributed by atoms with van der Waals surface area (Å²) in [5.74, 6) is 0.337. The van der Waals surface area contributed by atoms with Gasteiger partial charge >= 0.3 is 0 Å². The molecule has 2 atom stereocenters. The Kier molecular flexibility index (Phi) is 2.60. The van der Waals surface area contributed by atoms with Gasteiger partial charge in [-0.15, -0.1) is 22.9 Å². The van der Waals surface area contributed by atoms with Gasteiger partial charge in [-0.25, -0.2) is 0 Å². The minimum atomic E-state index is 0.111. The molecule has 1 aromatic rings. The van der Waals surface area contributed by atoms with Gasteiger partial charge in [-0.3, -0.25) is 0 Å². The highest BCUT2D eigenvalue weighted by molar-refractivity contribution is 7.16. The zero-order chi connectivity index (χ0) is 8.55. The van der Waals surface area contributed by atoms with E-state index in [4.69, 9.17) is 27.9 Å². The molecule has 2 rings (SSSR count). The van der Waals surface area contributed by atoms with E-state index in [1.54, 1.807) is 11.3 Å². The average Bonchev–Trinajstić information content (AvgIpc) is 2.58. The molecule has 1 aliphatic heterocycles. The molecular formula is C8H8Cl2OS. The third kappa shape index (κ3) is 1.62. The van der Waals surface area contributed by atoms with Gasteiger partial charge in [-0.1, -0.05) is 11.6 Å². The number of hydrogen-bond donors (Lipinski definition) is 0. The van der Waals surface area contributed by atoms with E-state index in [2.05, 4.69) is 0 Å². The van der Waals surface area contributed by atoms with Gasteiger partial charge in [-0.05, 0) is 12.1 Å². The highest BCUT2D eigenvalue weighted by atomic mass is 35.5. The normalized spacial score (nSPS) is 29.5. The van der Waals surface area contributed by atoms with Crippen LogP contribution in [0.2, 0.25) is 4.34 Å². The third-order valence-corrected chi connectivity index (χ3v) is 3.76. The third-order valence-electron chi connectivity index (χ3n) is 1.97. The Morgan fingerprint density at radius 1 is 1.42 bits per heavy atom. The predicted molar refractivity (Wildman–Crippen MR) is 52.5 cm³/mol. The molecule has 12 heavy (non-hydrogen) atoms. The SMILES string of the molecule is Clc1ccc(C2COCC2Cl)s1. The first kappa shape index (κ1) is 8.82. The largest absolute Gasteiger partial charge is 0.379 e. The van der Waals surface area contributed by atoms with Crippen LogP contribution in [0.5, 0.6) is 0 Å². The van der Waals surface area contributed by atoms with Gasteiger partial charge in [-0.2, -0.15) is 0 Å². The van der Waals surface area contributed by atoms with Crippen LogP contribution in [0.4, 0.5) is 0 Å². The van der Waals surface area contributed by atoms with Gasteiger partial charge in [0.2, 0.25) is 0 Å². The summed E-state index contributed by atoms with van der Waals surface area (Å²) in [7, 11) is 0. The molecule has 1 aliphatic rings. The molecule has 0 radical (unpaired) electrons. The molecule has 1 aromatic heterocycles. The maximum absolute atomic E-state index is 6.06. The van der Waals surface area contributed by atoms with Crippen LogP contribution >= 0.6 is 34.5 Å². The van der Waals surface area contributed by atoms with E-state index >= 15 is 0 Å². The molecule has 1 nitrogen and oxygen atoms in total. The molecule has 0 aromatic carbocycles. The number of halogens is 2. The van der Waals surface area contributed by atoms with E-state index in [9.17, 15) is 0 Å². The minimum Gasteiger partial charge on any atom is -0.379 e. The van der Waals surface area contributed by atoms with Crippen molar-refractivity contribution >= 4 is 34.5 Å². The molecule has 2 unspecified atom stereocenters. The number of hydrogen-bond acceptors (Lipinski definition) is 2. The Morgan fingerprint density at radius 3 is 2.75 bits per heavy atom. The second kappa shape index (κ2) is 3.54. The van der Waals surface area contributed by atoms with Crippen LogP contribution in [0.3, 0.4) is 0 Å². The fraction of sp³-hybridized carbons (Fsp3) is 0.500. The van der Waals surface area contributed by atoms with Crippen molar-refractivity contribution in [3.05, 3.63) is 21.3 Å². The maximum atomic E-state index is 6.06. The number of thiophene rings is 1. The van der Waals surface area contributed by atoms with Crippen molar-refractivity contribution < 1.29 is 4.74 Å². The first-order valence-corrected chi connectivity index (χ1v) is 5.37. The van der Waals surface area contributed by atoms with Crippen molar-refractivity contribution in [3.8, 4) is 0 Å². The Balaban J connectivity index is 2.19. The molecule has 66 valence electrons. The van der Waals surface area contributed by atoms with Crippen LogP contribution in [0, 0.1) is 0 Å². The summed E-state index contributed by atoms with van der Waals surface area (Å²) in [4.78, 5) is 1.23. The minimum absolute atomic E-state index is 0.111. The second-order valence-electron chi connectivity index (χ2n) is 2.80. The van der Waals surface area contributed by atoms with Crippen molar-refractivity contribution in [3.63, 3.8) is 0 Å². The summed E-state index contributed by atoms with van der Waals surface area (Å²) < 4.78 is 6.08. The van der Waals surface area contributed by atoms with Gasteiger partial charge < -0.3 is 4.74 Å². The van der Waals surface area contributed by atoms with E-state index in [1.807, 2.05) is 12.1 Å². The first-order chi connectivity index (χ1) is 5.77. The summed E-state index contributed by atoms with van der Waals surface area (Å²) in [6, 6.07) is 3.94. The van der Waals surface area contributed by atoms with Crippen LogP contribution in [-0.4, -0.2) is 18.6 Å². The second-order valence-corrected chi connectivity index (χ2v) is 5.11. The van der Waals surface area contributed by atoms with Gasteiger partial charge in [0, 0.05) is 10.8 Å². The number of alkyl halides is 1. The molecule has 0 spiro atoms. The molecule has 0 aliphatic carbocycles.